The predicted molar refractivity (Wildman–Crippen MR) is 82.3 cm³/mol. The second-order valence-electron chi connectivity index (χ2n) is 5.38. The van der Waals surface area contributed by atoms with Crippen molar-refractivity contribution in [1.29, 1.82) is 0 Å². The topological polar surface area (TPSA) is 85.8 Å². The Morgan fingerprint density at radius 2 is 2.35 bits per heavy atom. The molecule has 8 nitrogen and oxygen atoms in total. The van der Waals surface area contributed by atoms with Crippen molar-refractivity contribution in [3.63, 3.8) is 0 Å². The van der Waals surface area contributed by atoms with E-state index >= 15 is 0 Å². The van der Waals surface area contributed by atoms with Crippen LogP contribution in [0.5, 0.6) is 0 Å². The van der Waals surface area contributed by atoms with Crippen molar-refractivity contribution in [2.45, 2.75) is 19.5 Å². The molecule has 1 aliphatic heterocycles. The summed E-state index contributed by atoms with van der Waals surface area (Å²) in [6.45, 7) is 4.16. The normalized spacial score (nSPS) is 19.4. The first kappa shape index (κ1) is 14.5. The van der Waals surface area contributed by atoms with Gasteiger partial charge in [-0.15, -0.1) is 11.3 Å². The molecule has 4 rings (SSSR count). The van der Waals surface area contributed by atoms with Crippen LogP contribution in [0.25, 0.3) is 4.96 Å². The van der Waals surface area contributed by atoms with Gasteiger partial charge in [0.1, 0.15) is 6.04 Å². The Morgan fingerprint density at radius 1 is 1.43 bits per heavy atom. The highest BCUT2D eigenvalue weighted by Crippen LogP contribution is 2.24. The standard InChI is InChI=1S/C14H15N5O3S/c1-9-15-13(22-17-9)11-8-21-4-2-18(11)7-10-6-12(20)19-3-5-23-14(19)16-10/h3,5-6,11H,2,4,7-8H2,1H3. The van der Waals surface area contributed by atoms with Gasteiger partial charge >= 0.3 is 0 Å². The fourth-order valence-corrected chi connectivity index (χ4v) is 3.42. The Bertz CT molecular complexity index is 886. The average molecular weight is 333 g/mol. The zero-order valence-corrected chi connectivity index (χ0v) is 13.3. The zero-order valence-electron chi connectivity index (χ0n) is 12.5. The number of thiazole rings is 1. The van der Waals surface area contributed by atoms with Gasteiger partial charge in [0.05, 0.1) is 18.9 Å². The van der Waals surface area contributed by atoms with E-state index in [-0.39, 0.29) is 11.6 Å². The van der Waals surface area contributed by atoms with Crippen LogP contribution in [-0.4, -0.2) is 44.2 Å². The molecule has 1 unspecified atom stereocenters. The van der Waals surface area contributed by atoms with Gasteiger partial charge in [0, 0.05) is 30.7 Å². The van der Waals surface area contributed by atoms with Crippen molar-refractivity contribution in [2.75, 3.05) is 19.8 Å². The number of ether oxygens (including phenoxy) is 1. The third-order valence-corrected chi connectivity index (χ3v) is 4.55. The number of aromatic nitrogens is 4. The van der Waals surface area contributed by atoms with Crippen LogP contribution >= 0.6 is 11.3 Å². The van der Waals surface area contributed by atoms with Crippen molar-refractivity contribution < 1.29 is 9.26 Å². The lowest BCUT2D eigenvalue weighted by molar-refractivity contribution is -0.0246. The summed E-state index contributed by atoms with van der Waals surface area (Å²) in [7, 11) is 0. The van der Waals surface area contributed by atoms with Crippen LogP contribution in [0.3, 0.4) is 0 Å². The SMILES string of the molecule is Cc1noc(C2COCCN2Cc2cc(=O)n3ccsc3n2)n1. The van der Waals surface area contributed by atoms with Gasteiger partial charge in [-0.25, -0.2) is 4.98 Å². The van der Waals surface area contributed by atoms with Crippen LogP contribution in [0.4, 0.5) is 0 Å². The van der Waals surface area contributed by atoms with Crippen LogP contribution in [0.1, 0.15) is 23.5 Å². The van der Waals surface area contributed by atoms with Gasteiger partial charge in [-0.1, -0.05) is 5.16 Å². The Hall–Kier alpha value is -2.10. The van der Waals surface area contributed by atoms with E-state index < -0.39 is 0 Å². The maximum absolute atomic E-state index is 12.1. The first-order chi connectivity index (χ1) is 11.2. The first-order valence-corrected chi connectivity index (χ1v) is 8.16. The minimum atomic E-state index is -0.117. The molecule has 0 amide bonds. The van der Waals surface area contributed by atoms with Crippen molar-refractivity contribution in [2.24, 2.45) is 0 Å². The highest BCUT2D eigenvalue weighted by atomic mass is 32.1. The van der Waals surface area contributed by atoms with Gasteiger partial charge in [0.2, 0.25) is 5.89 Å². The maximum atomic E-state index is 12.1. The predicted octanol–water partition coefficient (Wildman–Crippen LogP) is 1.02. The number of aryl methyl sites for hydroxylation is 1. The molecule has 3 aromatic rings. The van der Waals surface area contributed by atoms with E-state index in [0.29, 0.717) is 36.4 Å². The molecule has 9 heteroatoms. The molecule has 0 saturated carbocycles. The van der Waals surface area contributed by atoms with E-state index in [4.69, 9.17) is 9.26 Å². The highest BCUT2D eigenvalue weighted by Gasteiger charge is 2.29. The number of nitrogens with zero attached hydrogens (tertiary/aromatic N) is 5. The Labute approximate surface area is 135 Å². The number of fused-ring (bicyclic) bond motifs is 1. The van der Waals surface area contributed by atoms with E-state index in [9.17, 15) is 4.79 Å². The molecular weight excluding hydrogens is 318 g/mol. The second-order valence-corrected chi connectivity index (χ2v) is 6.26. The van der Waals surface area contributed by atoms with Crippen molar-refractivity contribution in [1.82, 2.24) is 24.4 Å². The quantitative estimate of drug-likeness (QED) is 0.707. The van der Waals surface area contributed by atoms with E-state index in [0.717, 1.165) is 12.2 Å². The van der Waals surface area contributed by atoms with E-state index in [1.165, 1.54) is 11.3 Å². The van der Waals surface area contributed by atoms with Crippen molar-refractivity contribution in [3.8, 4) is 0 Å². The van der Waals surface area contributed by atoms with Crippen LogP contribution < -0.4 is 5.56 Å². The smallest absolute Gasteiger partial charge is 0.258 e. The molecule has 0 aromatic carbocycles. The van der Waals surface area contributed by atoms with Crippen molar-refractivity contribution >= 4 is 16.3 Å². The highest BCUT2D eigenvalue weighted by molar-refractivity contribution is 7.15. The molecule has 0 spiro atoms. The maximum Gasteiger partial charge on any atom is 0.258 e. The number of morpholine rings is 1. The van der Waals surface area contributed by atoms with Crippen LogP contribution in [0, 0.1) is 6.92 Å². The molecule has 0 radical (unpaired) electrons. The largest absolute Gasteiger partial charge is 0.378 e. The first-order valence-electron chi connectivity index (χ1n) is 7.28. The summed E-state index contributed by atoms with van der Waals surface area (Å²) >= 11 is 1.45. The Balaban J connectivity index is 1.63. The zero-order chi connectivity index (χ0) is 15.8. The summed E-state index contributed by atoms with van der Waals surface area (Å²) in [6.07, 6.45) is 1.73. The van der Waals surface area contributed by atoms with Gasteiger partial charge in [-0.2, -0.15) is 4.98 Å². The summed E-state index contributed by atoms with van der Waals surface area (Å²) in [6, 6.07) is 1.46. The van der Waals surface area contributed by atoms with Gasteiger partial charge in [0.15, 0.2) is 10.8 Å². The lowest BCUT2D eigenvalue weighted by atomic mass is 10.2. The third kappa shape index (κ3) is 2.78. The molecule has 0 aliphatic carbocycles. The molecule has 23 heavy (non-hydrogen) atoms. The average Bonchev–Trinajstić information content (AvgIpc) is 3.17. The summed E-state index contributed by atoms with van der Waals surface area (Å²) < 4.78 is 12.4. The molecule has 120 valence electrons. The van der Waals surface area contributed by atoms with Crippen LogP contribution in [0.15, 0.2) is 27.0 Å². The molecule has 0 bridgehead atoms. The molecule has 0 N–H and O–H groups in total. The number of hydrogen-bond acceptors (Lipinski definition) is 8. The number of rotatable bonds is 3. The number of hydrogen-bond donors (Lipinski definition) is 0. The minimum Gasteiger partial charge on any atom is -0.378 e. The van der Waals surface area contributed by atoms with Crippen LogP contribution in [0.2, 0.25) is 0 Å². The molecule has 1 fully saturated rings. The van der Waals surface area contributed by atoms with Gasteiger partial charge in [-0.3, -0.25) is 14.1 Å². The molecule has 1 atom stereocenters. The van der Waals surface area contributed by atoms with Crippen molar-refractivity contribution in [3.05, 3.63) is 45.4 Å². The van der Waals surface area contributed by atoms with E-state index in [1.807, 2.05) is 5.38 Å². The van der Waals surface area contributed by atoms with Gasteiger partial charge in [-0.05, 0) is 6.92 Å². The van der Waals surface area contributed by atoms with Gasteiger partial charge in [0.25, 0.3) is 5.56 Å². The second kappa shape index (κ2) is 5.84. The van der Waals surface area contributed by atoms with E-state index in [2.05, 4.69) is 20.0 Å². The molecule has 4 heterocycles. The monoisotopic (exact) mass is 333 g/mol. The lowest BCUT2D eigenvalue weighted by Gasteiger charge is -2.32. The fraction of sp³-hybridized carbons (Fsp3) is 0.429. The lowest BCUT2D eigenvalue weighted by Crippen LogP contribution is -2.39. The molecular formula is C14H15N5O3S. The Kier molecular flexibility index (Phi) is 3.68. The fourth-order valence-electron chi connectivity index (χ4n) is 2.68. The van der Waals surface area contributed by atoms with E-state index in [1.54, 1.807) is 23.6 Å². The molecule has 1 aliphatic rings. The van der Waals surface area contributed by atoms with Crippen LogP contribution in [-0.2, 0) is 11.3 Å². The summed E-state index contributed by atoms with van der Waals surface area (Å²) in [4.78, 5) is 23.8. The molecule has 3 aromatic heterocycles. The summed E-state index contributed by atoms with van der Waals surface area (Å²) in [5.41, 5.74) is 0.672. The van der Waals surface area contributed by atoms with Gasteiger partial charge < -0.3 is 9.26 Å². The Morgan fingerprint density at radius 3 is 3.17 bits per heavy atom. The minimum absolute atomic E-state index is 0.0651. The molecule has 1 saturated heterocycles. The summed E-state index contributed by atoms with van der Waals surface area (Å²) in [5, 5.41) is 5.70. The third-order valence-electron chi connectivity index (χ3n) is 3.79. The summed E-state index contributed by atoms with van der Waals surface area (Å²) in [5.74, 6) is 1.14.